The topological polar surface area (TPSA) is 24.7 Å². The van der Waals surface area contributed by atoms with Gasteiger partial charge in [0.1, 0.15) is 0 Å². The van der Waals surface area contributed by atoms with Crippen molar-refractivity contribution in [3.05, 3.63) is 25.6 Å². The molecule has 0 rings (SSSR count). The lowest BCUT2D eigenvalue weighted by molar-refractivity contribution is 0.644. The van der Waals surface area contributed by atoms with Crippen LogP contribution in [-0.4, -0.2) is 11.9 Å². The summed E-state index contributed by atoms with van der Waals surface area (Å²) in [7, 11) is 0. The highest BCUT2D eigenvalue weighted by Crippen LogP contribution is 2.05. The number of aliphatic imine (C=N–C) groups is 2. The Labute approximate surface area is 93.5 Å². The fourth-order valence-corrected chi connectivity index (χ4v) is 1.33. The normalized spacial score (nSPS) is 11.9. The molecule has 0 aliphatic rings. The van der Waals surface area contributed by atoms with Crippen LogP contribution < -0.4 is 0 Å². The number of hydrogen-bond acceptors (Lipinski definition) is 2. The Morgan fingerprint density at radius 1 is 1.07 bits per heavy atom. The van der Waals surface area contributed by atoms with Crippen molar-refractivity contribution in [2.75, 3.05) is 0 Å². The lowest BCUT2D eigenvalue weighted by Crippen LogP contribution is -1.99. The van der Waals surface area contributed by atoms with Crippen LogP contribution in [0, 0.1) is 0 Å². The first-order chi connectivity index (χ1) is 7.35. The molecule has 15 heavy (non-hydrogen) atoms. The summed E-state index contributed by atoms with van der Waals surface area (Å²) in [5.74, 6) is 0. The molecule has 0 aromatic carbocycles. The van der Waals surface area contributed by atoms with Crippen LogP contribution in [0.5, 0.6) is 0 Å². The molecule has 0 amide bonds. The van der Waals surface area contributed by atoms with Crippen LogP contribution in [0.3, 0.4) is 0 Å². The van der Waals surface area contributed by atoms with Crippen molar-refractivity contribution in [3.63, 3.8) is 0 Å². The highest BCUT2D eigenvalue weighted by atomic mass is 14.7. The van der Waals surface area contributed by atoms with E-state index < -0.39 is 0 Å². The minimum atomic E-state index is 0.979. The highest BCUT2D eigenvalue weighted by Gasteiger charge is 1.95. The van der Waals surface area contributed by atoms with E-state index in [0.29, 0.717) is 0 Å². The van der Waals surface area contributed by atoms with Gasteiger partial charge in [0.25, 0.3) is 0 Å². The third kappa shape index (κ3) is 9.13. The summed E-state index contributed by atoms with van der Waals surface area (Å²) in [6.07, 6.45) is 12.2. The summed E-state index contributed by atoms with van der Waals surface area (Å²) < 4.78 is 0. The Kier molecular flexibility index (Phi) is 10.0. The molecule has 0 bridgehead atoms. The molecule has 0 saturated heterocycles. The maximum absolute atomic E-state index is 4.16. The van der Waals surface area contributed by atoms with Gasteiger partial charge in [-0.05, 0) is 12.8 Å². The first-order valence-electron chi connectivity index (χ1n) is 5.66. The van der Waals surface area contributed by atoms with Crippen LogP contribution in [0.4, 0.5) is 0 Å². The van der Waals surface area contributed by atoms with E-state index in [-0.39, 0.29) is 0 Å². The van der Waals surface area contributed by atoms with Gasteiger partial charge in [-0.3, -0.25) is 9.98 Å². The van der Waals surface area contributed by atoms with Crippen molar-refractivity contribution in [3.8, 4) is 0 Å². The van der Waals surface area contributed by atoms with Crippen molar-refractivity contribution in [2.24, 2.45) is 9.98 Å². The molecule has 0 aromatic heterocycles. The summed E-state index contributed by atoms with van der Waals surface area (Å²) in [6, 6.07) is 0. The van der Waals surface area contributed by atoms with Gasteiger partial charge in [-0.1, -0.05) is 45.8 Å². The van der Waals surface area contributed by atoms with Gasteiger partial charge in [0.15, 0.2) is 0 Å². The predicted octanol–water partition coefficient (Wildman–Crippen LogP) is 4.15. The van der Waals surface area contributed by atoms with E-state index in [1.165, 1.54) is 38.3 Å². The molecule has 0 radical (unpaired) electrons. The van der Waals surface area contributed by atoms with Crippen LogP contribution in [0.2, 0.25) is 0 Å². The van der Waals surface area contributed by atoms with E-state index in [4.69, 9.17) is 0 Å². The fraction of sp³-hybridized carbons (Fsp3) is 0.538. The Bertz CT molecular complexity index is 227. The molecule has 0 N–H and O–H groups in total. The van der Waals surface area contributed by atoms with E-state index in [2.05, 4.69) is 30.1 Å². The van der Waals surface area contributed by atoms with Crippen molar-refractivity contribution < 1.29 is 0 Å². The summed E-state index contributed by atoms with van der Waals surface area (Å²) in [5.41, 5.74) is 0.987. The van der Waals surface area contributed by atoms with Crippen LogP contribution in [0.15, 0.2) is 35.5 Å². The van der Waals surface area contributed by atoms with Crippen LogP contribution in [0.1, 0.15) is 45.4 Å². The average molecular weight is 206 g/mol. The van der Waals surface area contributed by atoms with E-state index in [1.807, 2.05) is 0 Å². The number of unbranched alkanes of at least 4 members (excludes halogenated alkanes) is 4. The molecule has 0 aliphatic heterocycles. The van der Waals surface area contributed by atoms with Gasteiger partial charge >= 0.3 is 0 Å². The minimum absolute atomic E-state index is 0.979. The zero-order valence-corrected chi connectivity index (χ0v) is 9.78. The van der Waals surface area contributed by atoms with Gasteiger partial charge in [0.2, 0.25) is 0 Å². The minimum Gasteiger partial charge on any atom is -0.263 e. The Morgan fingerprint density at radius 2 is 1.80 bits per heavy atom. The molecular weight excluding hydrogens is 184 g/mol. The van der Waals surface area contributed by atoms with Crippen molar-refractivity contribution in [1.29, 1.82) is 0 Å². The molecule has 84 valence electrons. The van der Waals surface area contributed by atoms with Gasteiger partial charge in [0.05, 0.1) is 5.71 Å². The second-order valence-electron chi connectivity index (χ2n) is 3.43. The van der Waals surface area contributed by atoms with Gasteiger partial charge in [0, 0.05) is 18.6 Å². The van der Waals surface area contributed by atoms with Gasteiger partial charge in [-0.15, -0.1) is 0 Å². The van der Waals surface area contributed by atoms with Crippen molar-refractivity contribution in [1.82, 2.24) is 0 Å². The maximum atomic E-state index is 4.16. The standard InChI is InChI=1S/C13H22N2/c1-4-7-8-9-10-11-13(15-6-3)12-14-5-2/h5-6,12H,2-4,7-11H2,1H3/b14-12-,15-13-. The molecule has 0 saturated carbocycles. The zero-order valence-electron chi connectivity index (χ0n) is 9.78. The predicted molar refractivity (Wildman–Crippen MR) is 69.7 cm³/mol. The summed E-state index contributed by atoms with van der Waals surface area (Å²) >= 11 is 0. The first kappa shape index (κ1) is 13.8. The third-order valence-corrected chi connectivity index (χ3v) is 2.12. The van der Waals surface area contributed by atoms with Crippen molar-refractivity contribution >= 4 is 11.9 Å². The summed E-state index contributed by atoms with van der Waals surface area (Å²) in [4.78, 5) is 8.13. The quantitative estimate of drug-likeness (QED) is 0.400. The molecule has 2 heteroatoms. The van der Waals surface area contributed by atoms with E-state index >= 15 is 0 Å². The molecule has 0 aromatic rings. The molecule has 2 nitrogen and oxygen atoms in total. The number of hydrogen-bond donors (Lipinski definition) is 0. The molecule has 0 spiro atoms. The van der Waals surface area contributed by atoms with Crippen LogP contribution in [-0.2, 0) is 0 Å². The monoisotopic (exact) mass is 206 g/mol. The highest BCUT2D eigenvalue weighted by molar-refractivity contribution is 6.30. The third-order valence-electron chi connectivity index (χ3n) is 2.12. The molecule has 0 fully saturated rings. The van der Waals surface area contributed by atoms with Crippen LogP contribution in [0.25, 0.3) is 0 Å². The van der Waals surface area contributed by atoms with E-state index in [0.717, 1.165) is 12.1 Å². The Balaban J connectivity index is 3.77. The smallest absolute Gasteiger partial charge is 0.0585 e. The second kappa shape index (κ2) is 10.9. The van der Waals surface area contributed by atoms with Gasteiger partial charge < -0.3 is 0 Å². The number of rotatable bonds is 9. The largest absolute Gasteiger partial charge is 0.263 e. The molecule has 0 aliphatic carbocycles. The summed E-state index contributed by atoms with van der Waals surface area (Å²) in [5, 5.41) is 0. The lowest BCUT2D eigenvalue weighted by Gasteiger charge is -1.99. The maximum Gasteiger partial charge on any atom is 0.0585 e. The number of nitrogens with zero attached hydrogens (tertiary/aromatic N) is 2. The lowest BCUT2D eigenvalue weighted by atomic mass is 10.1. The van der Waals surface area contributed by atoms with Gasteiger partial charge in [-0.2, -0.15) is 0 Å². The zero-order chi connectivity index (χ0) is 11.4. The molecule has 0 heterocycles. The summed E-state index contributed by atoms with van der Waals surface area (Å²) in [6.45, 7) is 9.35. The van der Waals surface area contributed by atoms with Crippen molar-refractivity contribution in [2.45, 2.75) is 45.4 Å². The first-order valence-corrected chi connectivity index (χ1v) is 5.66. The van der Waals surface area contributed by atoms with Gasteiger partial charge in [-0.25, -0.2) is 0 Å². The van der Waals surface area contributed by atoms with E-state index in [1.54, 1.807) is 12.4 Å². The molecule has 0 atom stereocenters. The molecule has 0 unspecified atom stereocenters. The molecular formula is C13H22N2. The average Bonchev–Trinajstić information content (AvgIpc) is 2.25. The fourth-order valence-electron chi connectivity index (χ4n) is 1.33. The Hall–Kier alpha value is -1.18. The Morgan fingerprint density at radius 3 is 2.40 bits per heavy atom. The SMILES string of the molecule is C=C/N=C\C(CCCCCCC)=N/C=C. The second-order valence-corrected chi connectivity index (χ2v) is 3.43. The van der Waals surface area contributed by atoms with E-state index in [9.17, 15) is 0 Å². The van der Waals surface area contributed by atoms with Crippen LogP contribution >= 0.6 is 0 Å².